The van der Waals surface area contributed by atoms with Crippen molar-refractivity contribution < 1.29 is 54.8 Å². The molecule has 0 spiro atoms. The summed E-state index contributed by atoms with van der Waals surface area (Å²) in [5.41, 5.74) is 0. The van der Waals surface area contributed by atoms with Crippen LogP contribution in [0.15, 0.2) is 0 Å². The molecule has 0 rings (SSSR count). The molecule has 0 heterocycles. The number of hydrogen-bond acceptors (Lipinski definition) is 12. The normalized spacial score (nSPS) is 10.4. The van der Waals surface area contributed by atoms with Crippen LogP contribution in [0.5, 0.6) is 0 Å². The molecule has 53 heavy (non-hydrogen) atoms. The van der Waals surface area contributed by atoms with Gasteiger partial charge >= 0.3 is 113 Å². The Kier molecular flexibility index (Phi) is 74.7. The van der Waals surface area contributed by atoms with Gasteiger partial charge in [-0.05, 0) is 25.7 Å². The summed E-state index contributed by atoms with van der Waals surface area (Å²) < 4.78 is 68.2. The summed E-state index contributed by atoms with van der Waals surface area (Å²) in [7, 11) is -10.3. The van der Waals surface area contributed by atoms with Gasteiger partial charge in [0.2, 0.25) is 0 Å². The Morgan fingerprint density at radius 1 is 0.321 bits per heavy atom. The quantitative estimate of drug-likeness (QED) is 0.0319. The van der Waals surface area contributed by atoms with E-state index in [1.54, 1.807) is 0 Å². The molecule has 0 radical (unpaired) electrons. The first-order valence-corrected chi connectivity index (χ1v) is 21.9. The van der Waals surface area contributed by atoms with Gasteiger partial charge in [-0.1, -0.05) is 194 Å². The minimum absolute atomic E-state index is 0. The van der Waals surface area contributed by atoms with Crippen molar-refractivity contribution in [1.29, 1.82) is 0 Å². The molecule has 0 N–H and O–H groups in total. The average Bonchev–Trinajstić information content (AvgIpc) is 2.99. The molecule has 0 bridgehead atoms. The van der Waals surface area contributed by atoms with Gasteiger partial charge in [0.1, 0.15) is 0 Å². The standard InChI is InChI=1S/2C18H36O2.3Ca.2H2O4S/c2*1-2-3-4-5-6-7-8-9-10-11-12-13-14-15-16-17-18(19)20;;;;2*1-5(2,3)4/h2*2-17H2,1H3,(H,19,20);;;;2*(H2,1,2,3,4)/q;;3*+2;;/p-6. The van der Waals surface area contributed by atoms with Crippen LogP contribution in [-0.4, -0.2) is 160 Å². The molecule has 12 nitrogen and oxygen atoms in total. The number of carbonyl (C=O) groups excluding carboxylic acids is 2. The van der Waals surface area contributed by atoms with Crippen molar-refractivity contribution in [3.05, 3.63) is 0 Å². The molecule has 0 saturated heterocycles. The van der Waals surface area contributed by atoms with Crippen molar-refractivity contribution in [2.75, 3.05) is 0 Å². The van der Waals surface area contributed by atoms with Crippen LogP contribution in [-0.2, 0) is 30.4 Å². The summed E-state index contributed by atoms with van der Waals surface area (Å²) in [4.78, 5) is 20.4. The topological polar surface area (TPSA) is 241 Å². The van der Waals surface area contributed by atoms with Gasteiger partial charge in [0.15, 0.2) is 0 Å². The van der Waals surface area contributed by atoms with E-state index in [4.69, 9.17) is 35.0 Å². The first kappa shape index (κ1) is 70.0. The van der Waals surface area contributed by atoms with Crippen LogP contribution in [0.4, 0.5) is 0 Å². The summed E-state index contributed by atoms with van der Waals surface area (Å²) in [6, 6.07) is 0. The van der Waals surface area contributed by atoms with Gasteiger partial charge in [-0.3, -0.25) is 16.8 Å². The smallest absolute Gasteiger partial charge is 0.759 e. The van der Waals surface area contributed by atoms with Gasteiger partial charge in [-0.2, -0.15) is 0 Å². The SMILES string of the molecule is CCCCCCCCCCCCCCCCCC(=O)[O-].CCCCCCCCCCCCCCCCCC(=O)[O-].O=S(=O)([O-])[O-].O=S(=O)([O-])[O-].[Ca+2].[Ca+2].[Ca+2]. The number of rotatable bonds is 32. The van der Waals surface area contributed by atoms with E-state index in [9.17, 15) is 19.8 Å². The summed E-state index contributed by atoms with van der Waals surface area (Å²) in [5.74, 6) is -1.81. The van der Waals surface area contributed by atoms with Crippen LogP contribution in [0, 0.1) is 0 Å². The first-order valence-electron chi connectivity index (χ1n) is 19.3. The molecule has 0 aliphatic heterocycles. The van der Waals surface area contributed by atoms with Gasteiger partial charge in [-0.25, -0.2) is 0 Å². The van der Waals surface area contributed by atoms with Gasteiger partial charge < -0.3 is 38.0 Å². The van der Waals surface area contributed by atoms with Crippen molar-refractivity contribution >= 4 is 146 Å². The van der Waals surface area contributed by atoms with E-state index in [2.05, 4.69) is 13.8 Å². The molecule has 0 amide bonds. The van der Waals surface area contributed by atoms with E-state index in [1.165, 1.54) is 167 Å². The molecule has 0 aromatic rings. The third kappa shape index (κ3) is 113. The van der Waals surface area contributed by atoms with E-state index in [0.717, 1.165) is 25.7 Å². The summed E-state index contributed by atoms with van der Waals surface area (Å²) in [5, 5.41) is 20.4. The van der Waals surface area contributed by atoms with Crippen LogP contribution in [0.25, 0.3) is 0 Å². The third-order valence-corrected chi connectivity index (χ3v) is 7.97. The molecular weight excluding hydrogens is 809 g/mol. The summed E-state index contributed by atoms with van der Waals surface area (Å²) in [6.07, 6.45) is 39.7. The van der Waals surface area contributed by atoms with E-state index in [0.29, 0.717) is 0 Å². The fraction of sp³-hybridized carbons (Fsp3) is 0.944. The van der Waals surface area contributed by atoms with Gasteiger partial charge in [0.05, 0.1) is 0 Å². The van der Waals surface area contributed by atoms with E-state index in [1.807, 2.05) is 0 Å². The van der Waals surface area contributed by atoms with Crippen molar-refractivity contribution in [3.63, 3.8) is 0 Å². The Bertz CT molecular complexity index is 837. The Morgan fingerprint density at radius 2 is 0.434 bits per heavy atom. The van der Waals surface area contributed by atoms with Crippen molar-refractivity contribution in [3.8, 4) is 0 Å². The largest absolute Gasteiger partial charge is 2.00 e. The number of hydrogen-bond donors (Lipinski definition) is 0. The van der Waals surface area contributed by atoms with E-state index in [-0.39, 0.29) is 126 Å². The molecular formula is C36H70Ca3O12S2. The zero-order chi connectivity index (χ0) is 38.8. The maximum atomic E-state index is 10.2. The number of carbonyl (C=O) groups is 2. The van der Waals surface area contributed by atoms with Crippen molar-refractivity contribution in [2.24, 2.45) is 0 Å². The minimum atomic E-state index is -5.17. The number of carboxylic acids is 2. The van der Waals surface area contributed by atoms with Crippen LogP contribution in [0.3, 0.4) is 0 Å². The summed E-state index contributed by atoms with van der Waals surface area (Å²) >= 11 is 0. The molecule has 0 aliphatic rings. The Morgan fingerprint density at radius 3 is 0.547 bits per heavy atom. The van der Waals surface area contributed by atoms with E-state index >= 15 is 0 Å². The second-order valence-corrected chi connectivity index (χ2v) is 14.6. The number of unbranched alkanes of at least 4 members (excludes halogenated alkanes) is 28. The van der Waals surface area contributed by atoms with Gasteiger partial charge in [0, 0.05) is 32.7 Å². The molecule has 0 aromatic carbocycles. The van der Waals surface area contributed by atoms with Gasteiger partial charge in [0.25, 0.3) is 0 Å². The molecule has 0 saturated carbocycles. The van der Waals surface area contributed by atoms with Crippen molar-refractivity contribution in [1.82, 2.24) is 0 Å². The zero-order valence-corrected chi connectivity index (χ0v) is 41.7. The molecule has 0 aromatic heterocycles. The molecule has 304 valence electrons. The van der Waals surface area contributed by atoms with Crippen LogP contribution in [0.2, 0.25) is 0 Å². The fourth-order valence-corrected chi connectivity index (χ4v) is 5.28. The Hall–Kier alpha value is 2.46. The second kappa shape index (κ2) is 56.6. The number of carboxylic acid groups (broad SMARTS) is 2. The molecule has 0 aliphatic carbocycles. The van der Waals surface area contributed by atoms with Crippen LogP contribution >= 0.6 is 0 Å². The molecule has 0 fully saturated rings. The first-order chi connectivity index (χ1) is 23.5. The molecule has 0 atom stereocenters. The zero-order valence-electron chi connectivity index (χ0n) is 33.5. The van der Waals surface area contributed by atoms with E-state index < -0.39 is 32.7 Å². The fourth-order valence-electron chi connectivity index (χ4n) is 5.28. The monoisotopic (exact) mass is 878 g/mol. The maximum Gasteiger partial charge on any atom is 2.00 e. The van der Waals surface area contributed by atoms with Gasteiger partial charge in [-0.15, -0.1) is 0 Å². The van der Waals surface area contributed by atoms with Crippen molar-refractivity contribution in [2.45, 2.75) is 219 Å². The number of aliphatic carboxylic acids is 2. The van der Waals surface area contributed by atoms with Crippen LogP contribution < -0.4 is 10.2 Å². The minimum Gasteiger partial charge on any atom is -0.759 e. The average molecular weight is 879 g/mol. The third-order valence-electron chi connectivity index (χ3n) is 7.97. The second-order valence-electron chi connectivity index (χ2n) is 13.0. The van der Waals surface area contributed by atoms with Crippen LogP contribution in [0.1, 0.15) is 219 Å². The molecule has 17 heteroatoms. The maximum absolute atomic E-state index is 10.2. The Labute approximate surface area is 414 Å². The molecule has 0 unspecified atom stereocenters. The summed E-state index contributed by atoms with van der Waals surface area (Å²) in [6.45, 7) is 4.53. The Balaban J connectivity index is -0.000000121. The predicted molar refractivity (Wildman–Crippen MR) is 207 cm³/mol. The predicted octanol–water partition coefficient (Wildman–Crippen LogP) is 6.18.